The SMILES string of the molecule is CN(CC1CCCOC1)C(=O)NC1CCCCC1C(=O)O. The number of hydrogen-bond donors (Lipinski definition) is 2. The van der Waals surface area contributed by atoms with Crippen molar-refractivity contribution in [1.29, 1.82) is 0 Å². The molecule has 21 heavy (non-hydrogen) atoms. The number of aliphatic carboxylic acids is 1. The van der Waals surface area contributed by atoms with Crippen LogP contribution in [0, 0.1) is 11.8 Å². The Labute approximate surface area is 125 Å². The molecule has 6 nitrogen and oxygen atoms in total. The second kappa shape index (κ2) is 7.64. The van der Waals surface area contributed by atoms with Gasteiger partial charge in [-0.25, -0.2) is 4.79 Å². The molecule has 3 unspecified atom stereocenters. The van der Waals surface area contributed by atoms with Gasteiger partial charge in [0.2, 0.25) is 0 Å². The monoisotopic (exact) mass is 298 g/mol. The van der Waals surface area contributed by atoms with E-state index in [0.29, 0.717) is 25.5 Å². The van der Waals surface area contributed by atoms with Crippen molar-refractivity contribution in [3.8, 4) is 0 Å². The molecule has 6 heteroatoms. The van der Waals surface area contributed by atoms with Gasteiger partial charge in [-0.15, -0.1) is 0 Å². The Morgan fingerprint density at radius 1 is 1.24 bits per heavy atom. The minimum atomic E-state index is -0.802. The molecular formula is C15H26N2O4. The lowest BCUT2D eigenvalue weighted by molar-refractivity contribution is -0.143. The van der Waals surface area contributed by atoms with E-state index in [-0.39, 0.29) is 12.1 Å². The van der Waals surface area contributed by atoms with Gasteiger partial charge >= 0.3 is 12.0 Å². The smallest absolute Gasteiger partial charge is 0.317 e. The average Bonchev–Trinajstić information content (AvgIpc) is 2.48. The number of ether oxygens (including phenoxy) is 1. The lowest BCUT2D eigenvalue weighted by Gasteiger charge is -2.32. The summed E-state index contributed by atoms with van der Waals surface area (Å²) in [6, 6.07) is -0.410. The summed E-state index contributed by atoms with van der Waals surface area (Å²) in [5.41, 5.74) is 0. The fourth-order valence-corrected chi connectivity index (χ4v) is 3.29. The highest BCUT2D eigenvalue weighted by atomic mass is 16.5. The molecule has 1 aliphatic heterocycles. The number of carboxylic acid groups (broad SMARTS) is 1. The highest BCUT2D eigenvalue weighted by molar-refractivity contribution is 5.76. The van der Waals surface area contributed by atoms with Gasteiger partial charge in [-0.1, -0.05) is 12.8 Å². The van der Waals surface area contributed by atoms with Crippen LogP contribution in [0.15, 0.2) is 0 Å². The minimum Gasteiger partial charge on any atom is -0.481 e. The van der Waals surface area contributed by atoms with Crippen molar-refractivity contribution in [2.24, 2.45) is 11.8 Å². The molecule has 0 radical (unpaired) electrons. The lowest BCUT2D eigenvalue weighted by atomic mass is 9.84. The molecule has 3 atom stereocenters. The van der Waals surface area contributed by atoms with E-state index in [4.69, 9.17) is 4.74 Å². The molecule has 0 bridgehead atoms. The molecular weight excluding hydrogens is 272 g/mol. The highest BCUT2D eigenvalue weighted by Crippen LogP contribution is 2.25. The van der Waals surface area contributed by atoms with Crippen LogP contribution in [0.5, 0.6) is 0 Å². The van der Waals surface area contributed by atoms with Crippen molar-refractivity contribution in [3.63, 3.8) is 0 Å². The molecule has 1 heterocycles. The predicted molar refractivity (Wildman–Crippen MR) is 78.1 cm³/mol. The van der Waals surface area contributed by atoms with Gasteiger partial charge < -0.3 is 20.1 Å². The second-order valence-corrected chi connectivity index (χ2v) is 6.25. The van der Waals surface area contributed by atoms with Crippen LogP contribution in [-0.2, 0) is 9.53 Å². The van der Waals surface area contributed by atoms with Gasteiger partial charge in [0.25, 0.3) is 0 Å². The van der Waals surface area contributed by atoms with Gasteiger partial charge in [-0.2, -0.15) is 0 Å². The van der Waals surface area contributed by atoms with Crippen molar-refractivity contribution in [1.82, 2.24) is 10.2 Å². The Morgan fingerprint density at radius 2 is 2.00 bits per heavy atom. The Bertz CT molecular complexity index is 369. The fourth-order valence-electron chi connectivity index (χ4n) is 3.29. The number of carbonyl (C=O) groups is 2. The summed E-state index contributed by atoms with van der Waals surface area (Å²) >= 11 is 0. The fraction of sp³-hybridized carbons (Fsp3) is 0.867. The van der Waals surface area contributed by atoms with Crippen LogP contribution in [0.4, 0.5) is 4.79 Å². The Balaban J connectivity index is 1.82. The lowest BCUT2D eigenvalue weighted by Crippen LogP contribution is -2.50. The van der Waals surface area contributed by atoms with Crippen LogP contribution < -0.4 is 5.32 Å². The molecule has 2 amide bonds. The molecule has 2 fully saturated rings. The van der Waals surface area contributed by atoms with Crippen molar-refractivity contribution in [2.75, 3.05) is 26.8 Å². The first-order valence-corrected chi connectivity index (χ1v) is 7.90. The van der Waals surface area contributed by atoms with Crippen LogP contribution >= 0.6 is 0 Å². The van der Waals surface area contributed by atoms with E-state index in [0.717, 1.165) is 38.7 Å². The van der Waals surface area contributed by atoms with E-state index < -0.39 is 11.9 Å². The summed E-state index contributed by atoms with van der Waals surface area (Å²) in [4.78, 5) is 25.1. The van der Waals surface area contributed by atoms with Crippen molar-refractivity contribution in [3.05, 3.63) is 0 Å². The molecule has 1 aliphatic carbocycles. The number of nitrogens with zero attached hydrogens (tertiary/aromatic N) is 1. The van der Waals surface area contributed by atoms with Crippen LogP contribution in [0.3, 0.4) is 0 Å². The highest BCUT2D eigenvalue weighted by Gasteiger charge is 2.32. The quantitative estimate of drug-likeness (QED) is 0.828. The molecule has 0 aromatic heterocycles. The summed E-state index contributed by atoms with van der Waals surface area (Å²) in [5, 5.41) is 12.1. The van der Waals surface area contributed by atoms with Gasteiger partial charge in [-0.3, -0.25) is 4.79 Å². The maximum Gasteiger partial charge on any atom is 0.317 e. The van der Waals surface area contributed by atoms with Crippen molar-refractivity contribution < 1.29 is 19.4 Å². The first-order chi connectivity index (χ1) is 10.1. The van der Waals surface area contributed by atoms with Gasteiger partial charge in [0.1, 0.15) is 0 Å². The van der Waals surface area contributed by atoms with E-state index >= 15 is 0 Å². The van der Waals surface area contributed by atoms with Crippen molar-refractivity contribution in [2.45, 2.75) is 44.6 Å². The number of urea groups is 1. The zero-order valence-electron chi connectivity index (χ0n) is 12.7. The van der Waals surface area contributed by atoms with Gasteiger partial charge in [0.15, 0.2) is 0 Å². The molecule has 120 valence electrons. The topological polar surface area (TPSA) is 78.9 Å². The van der Waals surface area contributed by atoms with E-state index in [1.54, 1.807) is 11.9 Å². The molecule has 2 aliphatic rings. The third-order valence-corrected chi connectivity index (χ3v) is 4.53. The number of rotatable bonds is 4. The van der Waals surface area contributed by atoms with E-state index in [1.165, 1.54) is 0 Å². The molecule has 1 saturated carbocycles. The zero-order valence-corrected chi connectivity index (χ0v) is 12.7. The van der Waals surface area contributed by atoms with Crippen LogP contribution in [0.1, 0.15) is 38.5 Å². The molecule has 0 spiro atoms. The standard InChI is InChI=1S/C15H26N2O4/c1-17(9-11-5-4-8-21-10-11)15(20)16-13-7-3-2-6-12(13)14(18)19/h11-13H,2-10H2,1H3,(H,16,20)(H,18,19). The molecule has 2 N–H and O–H groups in total. The Hall–Kier alpha value is -1.30. The summed E-state index contributed by atoms with van der Waals surface area (Å²) in [7, 11) is 1.77. The summed E-state index contributed by atoms with van der Waals surface area (Å²) in [5.74, 6) is -0.867. The normalized spacial score (nSPS) is 29.7. The average molecular weight is 298 g/mol. The second-order valence-electron chi connectivity index (χ2n) is 6.25. The summed E-state index contributed by atoms with van der Waals surface area (Å²) in [6.45, 7) is 2.18. The van der Waals surface area contributed by atoms with Crippen LogP contribution in [0.2, 0.25) is 0 Å². The van der Waals surface area contributed by atoms with E-state index in [2.05, 4.69) is 5.32 Å². The van der Waals surface area contributed by atoms with Crippen LogP contribution in [-0.4, -0.2) is 54.9 Å². The first-order valence-electron chi connectivity index (χ1n) is 7.90. The minimum absolute atomic E-state index is 0.168. The summed E-state index contributed by atoms with van der Waals surface area (Å²) in [6.07, 6.45) is 5.44. The number of hydrogen-bond acceptors (Lipinski definition) is 3. The molecule has 0 aromatic rings. The van der Waals surface area contributed by atoms with Crippen LogP contribution in [0.25, 0.3) is 0 Å². The number of carboxylic acids is 1. The van der Waals surface area contributed by atoms with E-state index in [1.807, 2.05) is 0 Å². The maximum absolute atomic E-state index is 12.2. The van der Waals surface area contributed by atoms with Gasteiger partial charge in [0, 0.05) is 32.2 Å². The number of amides is 2. The molecule has 0 aromatic carbocycles. The number of nitrogens with one attached hydrogen (secondary N) is 1. The number of carbonyl (C=O) groups excluding carboxylic acids is 1. The zero-order chi connectivity index (χ0) is 15.2. The first kappa shape index (κ1) is 16.1. The Morgan fingerprint density at radius 3 is 2.67 bits per heavy atom. The van der Waals surface area contributed by atoms with Gasteiger partial charge in [-0.05, 0) is 25.7 Å². The third kappa shape index (κ3) is 4.59. The Kier molecular flexibility index (Phi) is 5.85. The summed E-state index contributed by atoms with van der Waals surface area (Å²) < 4.78 is 5.43. The molecule has 2 rings (SSSR count). The molecule has 1 saturated heterocycles. The third-order valence-electron chi connectivity index (χ3n) is 4.53. The predicted octanol–water partition coefficient (Wildman–Crippen LogP) is 1.70. The van der Waals surface area contributed by atoms with Crippen molar-refractivity contribution >= 4 is 12.0 Å². The van der Waals surface area contributed by atoms with Gasteiger partial charge in [0.05, 0.1) is 12.5 Å². The largest absolute Gasteiger partial charge is 0.481 e. The van der Waals surface area contributed by atoms with E-state index in [9.17, 15) is 14.7 Å². The maximum atomic E-state index is 12.2.